The van der Waals surface area contributed by atoms with E-state index in [2.05, 4.69) is 22.4 Å². The van der Waals surface area contributed by atoms with Crippen molar-refractivity contribution in [1.82, 2.24) is 10.3 Å². The maximum absolute atomic E-state index is 11.4. The number of aromatic nitrogens is 1. The van der Waals surface area contributed by atoms with Gasteiger partial charge in [-0.2, -0.15) is 0 Å². The zero-order valence-electron chi connectivity index (χ0n) is 18.4. The first-order valence-corrected chi connectivity index (χ1v) is 10.5. The summed E-state index contributed by atoms with van der Waals surface area (Å²) in [6, 6.07) is 17.0. The molecule has 0 radical (unpaired) electrons. The number of aromatic carboxylic acids is 1. The number of halogens is 2. The number of rotatable bonds is 11. The van der Waals surface area contributed by atoms with Crippen molar-refractivity contribution in [3.63, 3.8) is 0 Å². The third-order valence-electron chi connectivity index (χ3n) is 4.96. The first-order valence-electron chi connectivity index (χ1n) is 10.5. The summed E-state index contributed by atoms with van der Waals surface area (Å²) in [6.45, 7) is 3.68. The van der Waals surface area contributed by atoms with Gasteiger partial charge in [-0.05, 0) is 54.3 Å². The van der Waals surface area contributed by atoms with Crippen molar-refractivity contribution in [2.45, 2.75) is 25.9 Å². The summed E-state index contributed by atoms with van der Waals surface area (Å²) in [5, 5.41) is 22.8. The molecule has 2 aromatic carbocycles. The van der Waals surface area contributed by atoms with Crippen LogP contribution in [0, 0.1) is 0 Å². The maximum Gasteiger partial charge on any atom is 0.339 e. The molecule has 3 aromatic rings. The monoisotopic (exact) mass is 492 g/mol. The average molecular weight is 493 g/mol. The van der Waals surface area contributed by atoms with E-state index in [1.807, 2.05) is 31.2 Å². The maximum atomic E-state index is 11.4. The Bertz CT molecular complexity index is 985. The summed E-state index contributed by atoms with van der Waals surface area (Å²) in [4.78, 5) is 15.4. The lowest BCUT2D eigenvalue weighted by Gasteiger charge is -2.12. The molecule has 1 heterocycles. The van der Waals surface area contributed by atoms with Crippen LogP contribution >= 0.6 is 24.8 Å². The molecule has 0 saturated heterocycles. The first kappa shape index (κ1) is 28.4. The van der Waals surface area contributed by atoms with Crippen LogP contribution in [0.3, 0.4) is 0 Å². The van der Waals surface area contributed by atoms with Crippen molar-refractivity contribution in [1.29, 1.82) is 0 Å². The molecule has 0 fully saturated rings. The summed E-state index contributed by atoms with van der Waals surface area (Å²) < 4.78 is 5.64. The molecule has 0 saturated carbocycles. The van der Waals surface area contributed by atoms with Gasteiger partial charge in [-0.25, -0.2) is 4.79 Å². The molecule has 6 nitrogen and oxygen atoms in total. The fourth-order valence-corrected chi connectivity index (χ4v) is 3.24. The summed E-state index contributed by atoms with van der Waals surface area (Å²) in [5.41, 5.74) is 4.07. The fraction of sp³-hybridized carbons (Fsp3) is 0.280. The summed E-state index contributed by atoms with van der Waals surface area (Å²) in [6.07, 6.45) is 4.43. The largest absolute Gasteiger partial charge is 0.493 e. The van der Waals surface area contributed by atoms with Crippen LogP contribution < -0.4 is 10.1 Å². The molecular weight excluding hydrogens is 463 g/mol. The Kier molecular flexibility index (Phi) is 12.5. The molecule has 1 aromatic heterocycles. The third kappa shape index (κ3) is 8.33. The lowest BCUT2D eigenvalue weighted by molar-refractivity contribution is 0.0692. The van der Waals surface area contributed by atoms with Gasteiger partial charge in [-0.3, -0.25) is 4.98 Å². The third-order valence-corrected chi connectivity index (χ3v) is 4.96. The van der Waals surface area contributed by atoms with Crippen molar-refractivity contribution in [3.8, 4) is 16.9 Å². The molecule has 0 aliphatic rings. The number of aliphatic hydroxyl groups is 1. The topological polar surface area (TPSA) is 91.7 Å². The van der Waals surface area contributed by atoms with Gasteiger partial charge in [0.05, 0.1) is 12.7 Å². The molecule has 1 atom stereocenters. The van der Waals surface area contributed by atoms with E-state index >= 15 is 0 Å². The van der Waals surface area contributed by atoms with Gasteiger partial charge in [0.15, 0.2) is 0 Å². The van der Waals surface area contributed by atoms with Gasteiger partial charge in [-0.15, -0.1) is 24.8 Å². The van der Waals surface area contributed by atoms with Gasteiger partial charge in [-0.1, -0.05) is 43.3 Å². The minimum Gasteiger partial charge on any atom is -0.493 e. The highest BCUT2D eigenvalue weighted by atomic mass is 35.5. The van der Waals surface area contributed by atoms with E-state index in [4.69, 9.17) is 4.74 Å². The molecule has 0 aliphatic carbocycles. The zero-order chi connectivity index (χ0) is 22.1. The molecule has 178 valence electrons. The summed E-state index contributed by atoms with van der Waals surface area (Å²) in [5.74, 6) is -0.596. The zero-order valence-corrected chi connectivity index (χ0v) is 20.1. The van der Waals surface area contributed by atoms with Crippen LogP contribution in [-0.4, -0.2) is 40.9 Å². The number of pyridine rings is 1. The normalized spacial score (nSPS) is 11.1. The quantitative estimate of drug-likeness (QED) is 0.328. The number of carboxylic acids is 1. The van der Waals surface area contributed by atoms with Crippen molar-refractivity contribution >= 4 is 30.8 Å². The predicted octanol–water partition coefficient (Wildman–Crippen LogP) is 4.94. The number of nitrogens with one attached hydrogen (secondary N) is 1. The summed E-state index contributed by atoms with van der Waals surface area (Å²) in [7, 11) is 0. The van der Waals surface area contributed by atoms with Gasteiger partial charge >= 0.3 is 5.97 Å². The van der Waals surface area contributed by atoms with E-state index < -0.39 is 12.1 Å². The molecule has 0 amide bonds. The van der Waals surface area contributed by atoms with Crippen LogP contribution in [0.25, 0.3) is 11.1 Å². The number of benzene rings is 2. The lowest BCUT2D eigenvalue weighted by Crippen LogP contribution is -2.23. The van der Waals surface area contributed by atoms with Crippen molar-refractivity contribution in [2.24, 2.45) is 0 Å². The van der Waals surface area contributed by atoms with E-state index in [-0.39, 0.29) is 30.4 Å². The van der Waals surface area contributed by atoms with E-state index in [1.54, 1.807) is 30.6 Å². The average Bonchev–Trinajstić information content (AvgIpc) is 2.81. The van der Waals surface area contributed by atoms with E-state index in [0.717, 1.165) is 36.1 Å². The van der Waals surface area contributed by atoms with Crippen molar-refractivity contribution in [3.05, 3.63) is 83.7 Å². The Morgan fingerprint density at radius 1 is 1.09 bits per heavy atom. The number of nitrogens with zero attached hydrogens (tertiary/aromatic N) is 1. The highest BCUT2D eigenvalue weighted by molar-refractivity contribution is 5.92. The number of carbonyl (C=O) groups is 1. The molecule has 0 aliphatic heterocycles. The van der Waals surface area contributed by atoms with Gasteiger partial charge in [0.25, 0.3) is 0 Å². The number of carboxylic acid groups (broad SMARTS) is 1. The highest BCUT2D eigenvalue weighted by Gasteiger charge is 2.13. The Hall–Kier alpha value is -2.64. The van der Waals surface area contributed by atoms with Crippen LogP contribution in [0.4, 0.5) is 0 Å². The summed E-state index contributed by atoms with van der Waals surface area (Å²) >= 11 is 0. The molecule has 0 bridgehead atoms. The molecular formula is C25H30Cl2N2O4. The number of hydrogen-bond acceptors (Lipinski definition) is 5. The van der Waals surface area contributed by atoms with E-state index in [0.29, 0.717) is 18.9 Å². The van der Waals surface area contributed by atoms with Crippen LogP contribution in [0.1, 0.15) is 40.9 Å². The smallest absolute Gasteiger partial charge is 0.339 e. The standard InChI is InChI=1S/C25H28N2O4.2ClH/c1-2-14-31-24-15-20(9-10-22(24)25(29)30)19-7-5-18(6-8-19)11-13-27-17-23(28)21-4-3-12-26-16-21;;/h3-10,12,15-16,23,27-28H,2,11,13-14,17H2,1H3,(H,29,30);2*1H/t23-;;/m1../s1. The van der Waals surface area contributed by atoms with E-state index in [1.165, 1.54) is 5.56 Å². The second-order valence-electron chi connectivity index (χ2n) is 7.32. The second-order valence-corrected chi connectivity index (χ2v) is 7.32. The molecule has 0 unspecified atom stereocenters. The van der Waals surface area contributed by atoms with Crippen LogP contribution in [-0.2, 0) is 6.42 Å². The van der Waals surface area contributed by atoms with Gasteiger partial charge in [0.2, 0.25) is 0 Å². The fourth-order valence-electron chi connectivity index (χ4n) is 3.24. The van der Waals surface area contributed by atoms with Crippen LogP contribution in [0.15, 0.2) is 67.0 Å². The van der Waals surface area contributed by atoms with Gasteiger partial charge in [0, 0.05) is 24.5 Å². The Morgan fingerprint density at radius 2 is 1.82 bits per heavy atom. The van der Waals surface area contributed by atoms with Crippen molar-refractivity contribution in [2.75, 3.05) is 19.7 Å². The minimum absolute atomic E-state index is 0. The SMILES string of the molecule is CCCOc1cc(-c2ccc(CCNC[C@@H](O)c3cccnc3)cc2)ccc1C(=O)O.Cl.Cl. The van der Waals surface area contributed by atoms with Crippen molar-refractivity contribution < 1.29 is 19.7 Å². The Labute approximate surface area is 206 Å². The number of hydrogen-bond donors (Lipinski definition) is 3. The lowest BCUT2D eigenvalue weighted by atomic mass is 10.0. The minimum atomic E-state index is -0.992. The Morgan fingerprint density at radius 3 is 2.45 bits per heavy atom. The molecule has 0 spiro atoms. The number of ether oxygens (including phenoxy) is 1. The van der Waals surface area contributed by atoms with Crippen LogP contribution in [0.5, 0.6) is 5.75 Å². The molecule has 3 rings (SSSR count). The molecule has 8 heteroatoms. The molecule has 33 heavy (non-hydrogen) atoms. The second kappa shape index (κ2) is 14.5. The number of aliphatic hydroxyl groups excluding tert-OH is 1. The van der Waals surface area contributed by atoms with Crippen LogP contribution in [0.2, 0.25) is 0 Å². The van der Waals surface area contributed by atoms with E-state index in [9.17, 15) is 15.0 Å². The first-order chi connectivity index (χ1) is 15.1. The predicted molar refractivity (Wildman–Crippen MR) is 135 cm³/mol. The highest BCUT2D eigenvalue weighted by Crippen LogP contribution is 2.28. The Balaban J connectivity index is 0.00000272. The van der Waals surface area contributed by atoms with Gasteiger partial charge < -0.3 is 20.3 Å². The molecule has 3 N–H and O–H groups in total. The van der Waals surface area contributed by atoms with Gasteiger partial charge in [0.1, 0.15) is 11.3 Å².